The van der Waals surface area contributed by atoms with E-state index in [2.05, 4.69) is 4.98 Å². The van der Waals surface area contributed by atoms with E-state index in [0.717, 1.165) is 11.6 Å². The largest absolute Gasteiger partial charge is 0.477 e. The van der Waals surface area contributed by atoms with Gasteiger partial charge in [-0.15, -0.1) is 0 Å². The molecular formula is C13H11NO4S. The number of benzene rings is 1. The van der Waals surface area contributed by atoms with Gasteiger partial charge in [-0.1, -0.05) is 17.7 Å². The second-order valence-corrected chi connectivity index (χ2v) is 5.95. The van der Waals surface area contributed by atoms with E-state index in [4.69, 9.17) is 5.11 Å². The van der Waals surface area contributed by atoms with Crippen LogP contribution >= 0.6 is 0 Å². The Kier molecular flexibility index (Phi) is 3.35. The molecule has 2 aromatic rings. The molecule has 0 saturated carbocycles. The first-order valence-electron chi connectivity index (χ1n) is 5.42. The number of aromatic carboxylic acids is 1. The number of pyridine rings is 1. The van der Waals surface area contributed by atoms with Crippen molar-refractivity contribution in [3.05, 3.63) is 53.9 Å². The first kappa shape index (κ1) is 13.2. The Balaban J connectivity index is 2.53. The summed E-state index contributed by atoms with van der Waals surface area (Å²) in [6, 6.07) is 8.69. The third-order valence-electron chi connectivity index (χ3n) is 2.59. The van der Waals surface area contributed by atoms with E-state index in [9.17, 15) is 13.2 Å². The maximum atomic E-state index is 12.3. The van der Waals surface area contributed by atoms with Crippen molar-refractivity contribution in [1.29, 1.82) is 0 Å². The van der Waals surface area contributed by atoms with Gasteiger partial charge in [-0.05, 0) is 31.2 Å². The number of sulfone groups is 1. The molecule has 6 heteroatoms. The smallest absolute Gasteiger partial charge is 0.354 e. The fourth-order valence-corrected chi connectivity index (χ4v) is 2.82. The summed E-state index contributed by atoms with van der Waals surface area (Å²) < 4.78 is 24.6. The maximum absolute atomic E-state index is 12.3. The second-order valence-electron chi connectivity index (χ2n) is 4.00. The summed E-state index contributed by atoms with van der Waals surface area (Å²) in [5.74, 6) is -1.26. The predicted octanol–water partition coefficient (Wildman–Crippen LogP) is 1.92. The summed E-state index contributed by atoms with van der Waals surface area (Å²) in [6.45, 7) is 1.85. The molecule has 0 aliphatic carbocycles. The summed E-state index contributed by atoms with van der Waals surface area (Å²) in [5.41, 5.74) is 0.646. The number of carbonyl (C=O) groups is 1. The molecule has 0 fully saturated rings. The summed E-state index contributed by atoms with van der Waals surface area (Å²) in [5, 5.41) is 8.82. The van der Waals surface area contributed by atoms with Crippen molar-refractivity contribution in [3.63, 3.8) is 0 Å². The number of hydrogen-bond acceptors (Lipinski definition) is 4. The van der Waals surface area contributed by atoms with Crippen LogP contribution in [-0.2, 0) is 9.84 Å². The normalized spacial score (nSPS) is 11.2. The average molecular weight is 277 g/mol. The maximum Gasteiger partial charge on any atom is 0.354 e. The Morgan fingerprint density at radius 1 is 1.11 bits per heavy atom. The van der Waals surface area contributed by atoms with Crippen LogP contribution in [0.25, 0.3) is 0 Å². The zero-order valence-corrected chi connectivity index (χ0v) is 10.9. The molecule has 19 heavy (non-hydrogen) atoms. The van der Waals surface area contributed by atoms with Crippen molar-refractivity contribution >= 4 is 15.8 Å². The first-order chi connectivity index (χ1) is 8.91. The van der Waals surface area contributed by atoms with Crippen molar-refractivity contribution < 1.29 is 18.3 Å². The van der Waals surface area contributed by atoms with Gasteiger partial charge in [-0.2, -0.15) is 0 Å². The second kappa shape index (κ2) is 4.81. The van der Waals surface area contributed by atoms with Crippen LogP contribution in [0.3, 0.4) is 0 Å². The lowest BCUT2D eigenvalue weighted by Crippen LogP contribution is -2.06. The van der Waals surface area contributed by atoms with Crippen LogP contribution in [-0.4, -0.2) is 24.5 Å². The third-order valence-corrected chi connectivity index (χ3v) is 4.36. The van der Waals surface area contributed by atoms with E-state index in [1.54, 1.807) is 12.1 Å². The van der Waals surface area contributed by atoms with Crippen molar-refractivity contribution in [2.24, 2.45) is 0 Å². The number of carboxylic acids is 1. The molecule has 0 radical (unpaired) electrons. The highest BCUT2D eigenvalue weighted by atomic mass is 32.2. The standard InChI is InChI=1S/C13H11NO4S/c1-9-2-4-10(5-3-9)19(17,18)11-6-7-14-12(8-11)13(15)16/h2-8H,1H3,(H,15,16). The van der Waals surface area contributed by atoms with Gasteiger partial charge in [0.15, 0.2) is 0 Å². The summed E-state index contributed by atoms with van der Waals surface area (Å²) >= 11 is 0. The Hall–Kier alpha value is -2.21. The molecule has 1 aromatic heterocycles. The molecular weight excluding hydrogens is 266 g/mol. The van der Waals surface area contributed by atoms with Crippen molar-refractivity contribution in [3.8, 4) is 0 Å². The molecule has 0 atom stereocenters. The molecule has 1 N–H and O–H groups in total. The topological polar surface area (TPSA) is 84.3 Å². The minimum absolute atomic E-state index is 0.0799. The molecule has 0 unspecified atom stereocenters. The summed E-state index contributed by atoms with van der Waals surface area (Å²) in [6.07, 6.45) is 1.17. The van der Waals surface area contributed by atoms with E-state index in [0.29, 0.717) is 0 Å². The molecule has 98 valence electrons. The quantitative estimate of drug-likeness (QED) is 0.926. The molecule has 0 bridgehead atoms. The van der Waals surface area contributed by atoms with Crippen LogP contribution in [0.15, 0.2) is 52.4 Å². The Labute approximate surface area is 110 Å². The van der Waals surface area contributed by atoms with E-state index in [-0.39, 0.29) is 15.5 Å². The van der Waals surface area contributed by atoms with Crippen molar-refractivity contribution in [2.75, 3.05) is 0 Å². The molecule has 0 aliphatic rings. The Morgan fingerprint density at radius 3 is 2.32 bits per heavy atom. The van der Waals surface area contributed by atoms with Crippen LogP contribution in [0.4, 0.5) is 0 Å². The van der Waals surface area contributed by atoms with Gasteiger partial charge in [0.25, 0.3) is 0 Å². The molecule has 0 saturated heterocycles. The highest BCUT2D eigenvalue weighted by Gasteiger charge is 2.19. The van der Waals surface area contributed by atoms with Crippen molar-refractivity contribution in [2.45, 2.75) is 16.7 Å². The number of carboxylic acid groups (broad SMARTS) is 1. The van der Waals surface area contributed by atoms with Crippen LogP contribution < -0.4 is 0 Å². The molecule has 1 aromatic carbocycles. The first-order valence-corrected chi connectivity index (χ1v) is 6.91. The number of hydrogen-bond donors (Lipinski definition) is 1. The minimum atomic E-state index is -3.72. The van der Waals surface area contributed by atoms with Gasteiger partial charge in [0.1, 0.15) is 5.69 Å². The Bertz CT molecular complexity index is 721. The van der Waals surface area contributed by atoms with Gasteiger partial charge in [-0.3, -0.25) is 0 Å². The highest BCUT2D eigenvalue weighted by Crippen LogP contribution is 2.21. The Morgan fingerprint density at radius 2 is 1.74 bits per heavy atom. The summed E-state index contributed by atoms with van der Waals surface area (Å²) in [7, 11) is -3.72. The average Bonchev–Trinajstić information content (AvgIpc) is 2.39. The van der Waals surface area contributed by atoms with E-state index < -0.39 is 15.8 Å². The third kappa shape index (κ3) is 2.63. The van der Waals surface area contributed by atoms with Crippen LogP contribution in [0.1, 0.15) is 16.1 Å². The van der Waals surface area contributed by atoms with E-state index in [1.807, 2.05) is 6.92 Å². The van der Waals surface area contributed by atoms with Crippen LogP contribution in [0.2, 0.25) is 0 Å². The minimum Gasteiger partial charge on any atom is -0.477 e. The molecule has 0 aliphatic heterocycles. The summed E-state index contributed by atoms with van der Waals surface area (Å²) in [4.78, 5) is 14.4. The fraction of sp³-hybridized carbons (Fsp3) is 0.0769. The van der Waals surface area contributed by atoms with E-state index in [1.165, 1.54) is 24.4 Å². The number of aromatic nitrogens is 1. The molecule has 2 rings (SSSR count). The van der Waals surface area contributed by atoms with Gasteiger partial charge >= 0.3 is 5.97 Å². The monoisotopic (exact) mass is 277 g/mol. The van der Waals surface area contributed by atoms with Crippen LogP contribution in [0, 0.1) is 6.92 Å². The zero-order valence-electron chi connectivity index (χ0n) is 10.1. The fourth-order valence-electron chi connectivity index (χ4n) is 1.55. The molecule has 0 amide bonds. The number of nitrogens with zero attached hydrogens (tertiary/aromatic N) is 1. The zero-order chi connectivity index (χ0) is 14.0. The lowest BCUT2D eigenvalue weighted by atomic mass is 10.2. The van der Waals surface area contributed by atoms with Crippen LogP contribution in [0.5, 0.6) is 0 Å². The van der Waals surface area contributed by atoms with Gasteiger partial charge in [0.05, 0.1) is 9.79 Å². The molecule has 1 heterocycles. The lowest BCUT2D eigenvalue weighted by Gasteiger charge is -2.05. The van der Waals surface area contributed by atoms with Gasteiger partial charge in [-0.25, -0.2) is 18.2 Å². The number of aryl methyl sites for hydroxylation is 1. The van der Waals surface area contributed by atoms with Gasteiger partial charge < -0.3 is 5.11 Å². The molecule has 5 nitrogen and oxygen atoms in total. The van der Waals surface area contributed by atoms with Crippen molar-refractivity contribution in [1.82, 2.24) is 4.98 Å². The highest BCUT2D eigenvalue weighted by molar-refractivity contribution is 7.91. The van der Waals surface area contributed by atoms with Gasteiger partial charge in [0.2, 0.25) is 9.84 Å². The molecule has 0 spiro atoms. The predicted molar refractivity (Wildman–Crippen MR) is 67.8 cm³/mol. The van der Waals surface area contributed by atoms with Gasteiger partial charge in [0, 0.05) is 6.20 Å². The lowest BCUT2D eigenvalue weighted by molar-refractivity contribution is 0.0690. The number of rotatable bonds is 3. The van der Waals surface area contributed by atoms with E-state index >= 15 is 0 Å². The SMILES string of the molecule is Cc1ccc(S(=O)(=O)c2ccnc(C(=O)O)c2)cc1.